The van der Waals surface area contributed by atoms with Crippen molar-refractivity contribution in [2.45, 2.75) is 39.7 Å². The van der Waals surface area contributed by atoms with Gasteiger partial charge in [0.05, 0.1) is 12.2 Å². The summed E-state index contributed by atoms with van der Waals surface area (Å²) in [6.45, 7) is 7.12. The maximum atomic E-state index is 12.7. The van der Waals surface area contributed by atoms with Crippen molar-refractivity contribution in [2.24, 2.45) is 5.92 Å². The van der Waals surface area contributed by atoms with Crippen LogP contribution in [-0.4, -0.2) is 39.8 Å². The molecular formula is C21H28N4O2. The molecule has 27 heavy (non-hydrogen) atoms. The van der Waals surface area contributed by atoms with Crippen molar-refractivity contribution < 1.29 is 9.59 Å². The second-order valence-corrected chi connectivity index (χ2v) is 7.02. The van der Waals surface area contributed by atoms with E-state index in [1.54, 1.807) is 4.90 Å². The highest BCUT2D eigenvalue weighted by Crippen LogP contribution is 2.12. The predicted molar refractivity (Wildman–Crippen MR) is 105 cm³/mol. The molecule has 0 bridgehead atoms. The average molecular weight is 368 g/mol. The van der Waals surface area contributed by atoms with Crippen molar-refractivity contribution in [1.29, 1.82) is 0 Å². The van der Waals surface area contributed by atoms with Gasteiger partial charge in [0.25, 0.3) is 5.91 Å². The van der Waals surface area contributed by atoms with E-state index in [4.69, 9.17) is 0 Å². The molecule has 0 fully saturated rings. The van der Waals surface area contributed by atoms with Crippen LogP contribution in [0.15, 0.2) is 48.9 Å². The normalized spacial score (nSPS) is 11.9. The summed E-state index contributed by atoms with van der Waals surface area (Å²) in [6, 6.07) is 9.74. The summed E-state index contributed by atoms with van der Waals surface area (Å²) in [5.74, 6) is 0.203. The first-order chi connectivity index (χ1) is 13.0. The summed E-state index contributed by atoms with van der Waals surface area (Å²) in [6.07, 6.45) is 5.62. The number of aromatic nitrogens is 2. The zero-order chi connectivity index (χ0) is 19.6. The van der Waals surface area contributed by atoms with Crippen LogP contribution in [0.3, 0.4) is 0 Å². The molecule has 0 spiro atoms. The van der Waals surface area contributed by atoms with Gasteiger partial charge in [0, 0.05) is 31.9 Å². The molecule has 6 heteroatoms. The van der Waals surface area contributed by atoms with Crippen LogP contribution >= 0.6 is 0 Å². The lowest BCUT2D eigenvalue weighted by molar-refractivity contribution is -0.121. The molecule has 2 aromatic rings. The number of nitrogens with zero attached hydrogens (tertiary/aromatic N) is 3. The fraction of sp³-hybridized carbons (Fsp3) is 0.429. The molecule has 0 saturated carbocycles. The molecule has 2 amide bonds. The van der Waals surface area contributed by atoms with Gasteiger partial charge in [-0.25, -0.2) is 4.98 Å². The Morgan fingerprint density at radius 1 is 1.07 bits per heavy atom. The van der Waals surface area contributed by atoms with Gasteiger partial charge in [0.1, 0.15) is 5.69 Å². The van der Waals surface area contributed by atoms with E-state index >= 15 is 0 Å². The second-order valence-electron chi connectivity index (χ2n) is 7.02. The quantitative estimate of drug-likeness (QED) is 0.737. The van der Waals surface area contributed by atoms with Gasteiger partial charge in [-0.3, -0.25) is 14.6 Å². The number of benzene rings is 1. The Morgan fingerprint density at radius 2 is 1.81 bits per heavy atom. The van der Waals surface area contributed by atoms with Gasteiger partial charge in [-0.1, -0.05) is 44.2 Å². The summed E-state index contributed by atoms with van der Waals surface area (Å²) < 4.78 is 0. The van der Waals surface area contributed by atoms with Crippen LogP contribution in [0.5, 0.6) is 0 Å². The second kappa shape index (κ2) is 10.4. The van der Waals surface area contributed by atoms with E-state index in [0.717, 1.165) is 12.0 Å². The van der Waals surface area contributed by atoms with E-state index in [9.17, 15) is 9.59 Å². The Morgan fingerprint density at radius 3 is 2.44 bits per heavy atom. The highest BCUT2D eigenvalue weighted by molar-refractivity contribution is 5.92. The Bertz CT molecular complexity index is 719. The number of amides is 2. The summed E-state index contributed by atoms with van der Waals surface area (Å²) in [5, 5.41) is 2.99. The van der Waals surface area contributed by atoms with Gasteiger partial charge in [-0.2, -0.15) is 0 Å². The first kappa shape index (κ1) is 20.6. The molecule has 0 aliphatic heterocycles. The molecular weight excluding hydrogens is 340 g/mol. The molecule has 0 radical (unpaired) electrons. The average Bonchev–Trinajstić information content (AvgIpc) is 2.68. The highest BCUT2D eigenvalue weighted by Gasteiger charge is 2.19. The van der Waals surface area contributed by atoms with Gasteiger partial charge >= 0.3 is 0 Å². The minimum absolute atomic E-state index is 0.0708. The van der Waals surface area contributed by atoms with E-state index in [1.165, 1.54) is 18.6 Å². The van der Waals surface area contributed by atoms with Crippen LogP contribution in [0.25, 0.3) is 0 Å². The Kier molecular flexibility index (Phi) is 7.92. The van der Waals surface area contributed by atoms with Gasteiger partial charge in [-0.05, 0) is 24.8 Å². The monoisotopic (exact) mass is 368 g/mol. The molecule has 1 heterocycles. The third-order valence-corrected chi connectivity index (χ3v) is 4.33. The van der Waals surface area contributed by atoms with Crippen LogP contribution < -0.4 is 5.32 Å². The molecule has 1 N–H and O–H groups in total. The summed E-state index contributed by atoms with van der Waals surface area (Å²) in [4.78, 5) is 34.8. The van der Waals surface area contributed by atoms with Crippen molar-refractivity contribution in [3.63, 3.8) is 0 Å². The van der Waals surface area contributed by atoms with Crippen LogP contribution in [-0.2, 0) is 4.79 Å². The topological polar surface area (TPSA) is 75.2 Å². The predicted octanol–water partition coefficient (Wildman–Crippen LogP) is 3.23. The zero-order valence-corrected chi connectivity index (χ0v) is 16.3. The maximum absolute atomic E-state index is 12.7. The van der Waals surface area contributed by atoms with Crippen molar-refractivity contribution >= 4 is 11.8 Å². The largest absolute Gasteiger partial charge is 0.350 e. The standard InChI is InChI=1S/C21H28N4O2/c1-16(2)9-13-25(21(27)19-15-22-11-12-23-19)14-10-20(26)24-17(3)18-7-5-4-6-8-18/h4-8,11-12,15-17H,9-10,13-14H2,1-3H3,(H,24,26)/t17-/m1/s1. The Hall–Kier alpha value is -2.76. The van der Waals surface area contributed by atoms with E-state index in [1.807, 2.05) is 37.3 Å². The molecule has 1 atom stereocenters. The number of nitrogens with one attached hydrogen (secondary N) is 1. The minimum atomic E-state index is -0.187. The number of carbonyl (C=O) groups excluding carboxylic acids is 2. The van der Waals surface area contributed by atoms with Crippen molar-refractivity contribution in [1.82, 2.24) is 20.2 Å². The lowest BCUT2D eigenvalue weighted by Crippen LogP contribution is -2.37. The number of carbonyl (C=O) groups is 2. The highest BCUT2D eigenvalue weighted by atomic mass is 16.2. The fourth-order valence-corrected chi connectivity index (χ4v) is 2.68. The minimum Gasteiger partial charge on any atom is -0.350 e. The zero-order valence-electron chi connectivity index (χ0n) is 16.3. The summed E-state index contributed by atoms with van der Waals surface area (Å²) in [7, 11) is 0. The molecule has 144 valence electrons. The van der Waals surface area contributed by atoms with E-state index in [0.29, 0.717) is 24.7 Å². The van der Waals surface area contributed by atoms with Gasteiger partial charge in [-0.15, -0.1) is 0 Å². The lowest BCUT2D eigenvalue weighted by Gasteiger charge is -2.23. The number of hydrogen-bond acceptors (Lipinski definition) is 4. The Balaban J connectivity index is 1.94. The van der Waals surface area contributed by atoms with Crippen LogP contribution in [0.1, 0.15) is 55.7 Å². The molecule has 0 aliphatic rings. The van der Waals surface area contributed by atoms with Crippen molar-refractivity contribution in [3.05, 3.63) is 60.2 Å². The van der Waals surface area contributed by atoms with Crippen molar-refractivity contribution in [2.75, 3.05) is 13.1 Å². The lowest BCUT2D eigenvalue weighted by atomic mass is 10.1. The smallest absolute Gasteiger partial charge is 0.274 e. The summed E-state index contributed by atoms with van der Waals surface area (Å²) in [5.41, 5.74) is 1.36. The van der Waals surface area contributed by atoms with Gasteiger partial charge in [0.15, 0.2) is 0 Å². The number of rotatable bonds is 9. The molecule has 1 aromatic heterocycles. The van der Waals surface area contributed by atoms with Gasteiger partial charge < -0.3 is 10.2 Å². The van der Waals surface area contributed by atoms with Gasteiger partial charge in [0.2, 0.25) is 5.91 Å². The van der Waals surface area contributed by atoms with E-state index in [2.05, 4.69) is 29.1 Å². The SMILES string of the molecule is CC(C)CCN(CCC(=O)N[C@H](C)c1ccccc1)C(=O)c1cnccn1. The molecule has 2 rings (SSSR count). The van der Waals surface area contributed by atoms with E-state index < -0.39 is 0 Å². The molecule has 0 unspecified atom stereocenters. The maximum Gasteiger partial charge on any atom is 0.274 e. The summed E-state index contributed by atoms with van der Waals surface area (Å²) >= 11 is 0. The Labute approximate surface area is 161 Å². The fourth-order valence-electron chi connectivity index (χ4n) is 2.68. The molecule has 6 nitrogen and oxygen atoms in total. The third kappa shape index (κ3) is 6.81. The first-order valence-corrected chi connectivity index (χ1v) is 9.37. The first-order valence-electron chi connectivity index (χ1n) is 9.37. The van der Waals surface area contributed by atoms with Crippen LogP contribution in [0, 0.1) is 5.92 Å². The van der Waals surface area contributed by atoms with E-state index in [-0.39, 0.29) is 24.3 Å². The third-order valence-electron chi connectivity index (χ3n) is 4.33. The van der Waals surface area contributed by atoms with Crippen LogP contribution in [0.4, 0.5) is 0 Å². The van der Waals surface area contributed by atoms with Crippen molar-refractivity contribution in [3.8, 4) is 0 Å². The molecule has 0 saturated heterocycles. The van der Waals surface area contributed by atoms with Crippen LogP contribution in [0.2, 0.25) is 0 Å². The molecule has 1 aromatic carbocycles. The number of hydrogen-bond donors (Lipinski definition) is 1. The molecule has 0 aliphatic carbocycles.